The van der Waals surface area contributed by atoms with Crippen LogP contribution in [0.5, 0.6) is 0 Å². The number of rotatable bonds is 2. The maximum absolute atomic E-state index is 9.31. The lowest BCUT2D eigenvalue weighted by molar-refractivity contribution is -0.0456. The van der Waals surface area contributed by atoms with Crippen molar-refractivity contribution in [2.24, 2.45) is 0 Å². The molecule has 2 unspecified atom stereocenters. The van der Waals surface area contributed by atoms with E-state index in [9.17, 15) is 10.2 Å². The molecule has 3 N–H and O–H groups in total. The summed E-state index contributed by atoms with van der Waals surface area (Å²) in [6.07, 6.45) is 2.56. The second-order valence-electron chi connectivity index (χ2n) is 4.64. The van der Waals surface area contributed by atoms with Gasteiger partial charge in [0.15, 0.2) is 12.2 Å². The van der Waals surface area contributed by atoms with E-state index in [2.05, 4.69) is 33.5 Å². The van der Waals surface area contributed by atoms with Crippen LogP contribution in [0.1, 0.15) is 20.3 Å². The van der Waals surface area contributed by atoms with E-state index in [1.807, 2.05) is 0 Å². The van der Waals surface area contributed by atoms with Gasteiger partial charge in [0.25, 0.3) is 0 Å². The number of hydrogen-bond donors (Lipinski definition) is 3. The topological polar surface area (TPSA) is 81.8 Å². The average molecular weight is 257 g/mol. The third kappa shape index (κ3) is 4.64. The number of oxazole rings is 1. The predicted octanol–water partition coefficient (Wildman–Crippen LogP) is 0.539. The van der Waals surface area contributed by atoms with Crippen molar-refractivity contribution in [2.75, 3.05) is 25.5 Å². The molecule has 0 spiro atoms. The molecule has 0 saturated carbocycles. The van der Waals surface area contributed by atoms with Crippen molar-refractivity contribution >= 4 is 5.82 Å². The van der Waals surface area contributed by atoms with Crippen LogP contribution in [0.15, 0.2) is 17.1 Å². The van der Waals surface area contributed by atoms with Crippen molar-refractivity contribution in [2.45, 2.75) is 38.5 Å². The molecule has 1 aromatic rings. The Labute approximate surface area is 108 Å². The molecule has 104 valence electrons. The van der Waals surface area contributed by atoms with Gasteiger partial charge in [0.1, 0.15) is 6.26 Å². The van der Waals surface area contributed by atoms with Crippen molar-refractivity contribution in [1.82, 2.24) is 9.88 Å². The van der Waals surface area contributed by atoms with Crippen molar-refractivity contribution in [3.05, 3.63) is 12.7 Å². The smallest absolute Gasteiger partial charge is 0.182 e. The summed E-state index contributed by atoms with van der Waals surface area (Å²) in [6, 6.07) is 0.470. The van der Waals surface area contributed by atoms with Gasteiger partial charge in [0.2, 0.25) is 0 Å². The van der Waals surface area contributed by atoms with Crippen LogP contribution in [0.3, 0.4) is 0 Å². The van der Waals surface area contributed by atoms with E-state index >= 15 is 0 Å². The number of nitrogens with zero attached hydrogens (tertiary/aromatic N) is 2. The van der Waals surface area contributed by atoms with Crippen LogP contribution in [0, 0.1) is 0 Å². The molecular weight excluding hydrogens is 234 g/mol. The Morgan fingerprint density at radius 2 is 2.17 bits per heavy atom. The zero-order valence-corrected chi connectivity index (χ0v) is 11.2. The van der Waals surface area contributed by atoms with Crippen LogP contribution in [0.25, 0.3) is 0 Å². The van der Waals surface area contributed by atoms with E-state index < -0.39 is 12.2 Å². The summed E-state index contributed by atoms with van der Waals surface area (Å²) in [5, 5.41) is 21.3. The number of nitrogens with one attached hydrogen (secondary N) is 1. The van der Waals surface area contributed by atoms with Gasteiger partial charge in [0, 0.05) is 26.2 Å². The van der Waals surface area contributed by atoms with Gasteiger partial charge in [-0.3, -0.25) is 4.90 Å². The summed E-state index contributed by atoms with van der Waals surface area (Å²) in [5.74, 6) is 0.764. The third-order valence-corrected chi connectivity index (χ3v) is 3.00. The zero-order chi connectivity index (χ0) is 13.5. The van der Waals surface area contributed by atoms with Crippen LogP contribution in [-0.2, 0) is 0 Å². The number of piperidine rings is 1. The highest BCUT2D eigenvalue weighted by atomic mass is 16.3. The monoisotopic (exact) mass is 257 g/mol. The number of anilines is 1. The van der Waals surface area contributed by atoms with Crippen molar-refractivity contribution < 1.29 is 14.6 Å². The second kappa shape index (κ2) is 7.35. The summed E-state index contributed by atoms with van der Waals surface area (Å²) in [5.41, 5.74) is 0. The van der Waals surface area contributed by atoms with Gasteiger partial charge in [-0.1, -0.05) is 0 Å². The van der Waals surface area contributed by atoms with E-state index in [1.165, 1.54) is 6.39 Å². The molecule has 2 rings (SSSR count). The summed E-state index contributed by atoms with van der Waals surface area (Å²) in [7, 11) is 1.79. The molecule has 1 saturated heterocycles. The first kappa shape index (κ1) is 14.9. The minimum atomic E-state index is -0.550. The quantitative estimate of drug-likeness (QED) is 0.717. The van der Waals surface area contributed by atoms with Gasteiger partial charge in [0.05, 0.1) is 12.2 Å². The molecule has 1 aliphatic rings. The molecule has 2 heterocycles. The molecule has 0 amide bonds. The van der Waals surface area contributed by atoms with E-state index in [4.69, 9.17) is 0 Å². The normalized spacial score (nSPS) is 24.6. The molecule has 18 heavy (non-hydrogen) atoms. The molecule has 0 aromatic carbocycles. The number of likely N-dealkylation sites (tertiary alicyclic amines) is 1. The van der Waals surface area contributed by atoms with Crippen molar-refractivity contribution in [3.8, 4) is 0 Å². The van der Waals surface area contributed by atoms with Gasteiger partial charge in [-0.05, 0) is 20.3 Å². The second-order valence-corrected chi connectivity index (χ2v) is 4.64. The van der Waals surface area contributed by atoms with Gasteiger partial charge >= 0.3 is 0 Å². The Balaban J connectivity index is 0.000000199. The van der Waals surface area contributed by atoms with Crippen LogP contribution in [0.4, 0.5) is 5.82 Å². The van der Waals surface area contributed by atoms with Crippen molar-refractivity contribution in [1.29, 1.82) is 0 Å². The molecule has 0 radical (unpaired) electrons. The summed E-state index contributed by atoms with van der Waals surface area (Å²) < 4.78 is 4.63. The highest BCUT2D eigenvalue weighted by Gasteiger charge is 2.26. The van der Waals surface area contributed by atoms with E-state index in [1.54, 1.807) is 13.3 Å². The molecule has 2 atom stereocenters. The molecule has 6 heteroatoms. The molecule has 6 nitrogen and oxygen atoms in total. The Kier molecular flexibility index (Phi) is 6.11. The van der Waals surface area contributed by atoms with Gasteiger partial charge in [-0.2, -0.15) is 4.98 Å². The van der Waals surface area contributed by atoms with Crippen molar-refractivity contribution in [3.63, 3.8) is 0 Å². The van der Waals surface area contributed by atoms with Crippen LogP contribution in [-0.4, -0.2) is 58.5 Å². The summed E-state index contributed by atoms with van der Waals surface area (Å²) in [6.45, 7) is 5.71. The standard InChI is InChI=1S/C8H17NO2.C4H6N2O/c1-6(2)9-4-3-7(10)8(11)5-9;1-5-4-2-7-3-6-4/h6-8,10-11H,3-5H2,1-2H3;2-3,5H,1H3. The lowest BCUT2D eigenvalue weighted by Crippen LogP contribution is -2.49. The van der Waals surface area contributed by atoms with Crippen LogP contribution in [0.2, 0.25) is 0 Å². The number of aliphatic hydroxyl groups excluding tert-OH is 2. The van der Waals surface area contributed by atoms with Gasteiger partial charge in [-0.15, -0.1) is 0 Å². The molecule has 1 fully saturated rings. The fourth-order valence-electron chi connectivity index (χ4n) is 1.75. The summed E-state index contributed by atoms with van der Waals surface area (Å²) >= 11 is 0. The molecular formula is C12H23N3O3. The first-order chi connectivity index (χ1) is 8.54. The average Bonchev–Trinajstić information content (AvgIpc) is 2.86. The van der Waals surface area contributed by atoms with Gasteiger partial charge < -0.3 is 19.9 Å². The predicted molar refractivity (Wildman–Crippen MR) is 69.4 cm³/mol. The lowest BCUT2D eigenvalue weighted by Gasteiger charge is -2.35. The highest BCUT2D eigenvalue weighted by molar-refractivity contribution is 5.26. The largest absolute Gasteiger partial charge is 0.449 e. The minimum absolute atomic E-state index is 0.470. The Hall–Kier alpha value is -1.11. The zero-order valence-electron chi connectivity index (χ0n) is 11.2. The van der Waals surface area contributed by atoms with E-state index in [0.29, 0.717) is 19.0 Å². The SMILES string of the molecule is CC(C)N1CCC(O)C(O)C1.CNc1cocn1. The fourth-order valence-corrected chi connectivity index (χ4v) is 1.75. The third-order valence-electron chi connectivity index (χ3n) is 3.00. The van der Waals surface area contributed by atoms with E-state index in [0.717, 1.165) is 12.4 Å². The minimum Gasteiger partial charge on any atom is -0.449 e. The van der Waals surface area contributed by atoms with Crippen LogP contribution >= 0.6 is 0 Å². The number of β-amino-alcohol motifs (C(OH)–C–C–N with tert-alkyl or cyclic N) is 1. The van der Waals surface area contributed by atoms with Gasteiger partial charge in [-0.25, -0.2) is 0 Å². The molecule has 1 aliphatic heterocycles. The Morgan fingerprint density at radius 3 is 2.56 bits per heavy atom. The van der Waals surface area contributed by atoms with E-state index in [-0.39, 0.29) is 0 Å². The highest BCUT2D eigenvalue weighted by Crippen LogP contribution is 2.12. The first-order valence-electron chi connectivity index (χ1n) is 6.20. The number of aromatic nitrogens is 1. The van der Waals surface area contributed by atoms with Crippen LogP contribution < -0.4 is 5.32 Å². The fraction of sp³-hybridized carbons (Fsp3) is 0.750. The molecule has 1 aromatic heterocycles. The lowest BCUT2D eigenvalue weighted by atomic mass is 10.0. The maximum Gasteiger partial charge on any atom is 0.182 e. The molecule has 0 bridgehead atoms. The Morgan fingerprint density at radius 1 is 1.44 bits per heavy atom. The maximum atomic E-state index is 9.31. The number of hydrogen-bond acceptors (Lipinski definition) is 6. The molecule has 0 aliphatic carbocycles. The number of aliphatic hydroxyl groups is 2. The Bertz CT molecular complexity index is 316. The summed E-state index contributed by atoms with van der Waals surface area (Å²) in [4.78, 5) is 5.93. The first-order valence-corrected chi connectivity index (χ1v) is 6.20.